The first-order valence-corrected chi connectivity index (χ1v) is 5.62. The molecule has 3 nitrogen and oxygen atoms in total. The highest BCUT2D eigenvalue weighted by molar-refractivity contribution is 5.96. The fraction of sp³-hybridized carbons (Fsp3) is 0.214. The molecule has 0 radical (unpaired) electrons. The summed E-state index contributed by atoms with van der Waals surface area (Å²) in [6, 6.07) is 9.34. The molecule has 0 aliphatic rings. The Balaban J connectivity index is 2.00. The van der Waals surface area contributed by atoms with Crippen molar-refractivity contribution in [1.29, 1.82) is 0 Å². The Morgan fingerprint density at radius 1 is 1.12 bits per heavy atom. The highest BCUT2D eigenvalue weighted by atomic mass is 16.1. The van der Waals surface area contributed by atoms with Crippen LogP contribution in [0.25, 0.3) is 0 Å². The van der Waals surface area contributed by atoms with Crippen LogP contribution in [0.15, 0.2) is 42.7 Å². The van der Waals surface area contributed by atoms with Crippen LogP contribution in [0.1, 0.15) is 28.2 Å². The van der Waals surface area contributed by atoms with Gasteiger partial charge < -0.3 is 0 Å². The largest absolute Gasteiger partial charge is 0.294 e. The number of hydrogen-bond acceptors (Lipinski definition) is 3. The van der Waals surface area contributed by atoms with Crippen LogP contribution in [0.3, 0.4) is 0 Å². The zero-order valence-electron chi connectivity index (χ0n) is 9.76. The maximum atomic E-state index is 11.9. The van der Waals surface area contributed by atoms with Gasteiger partial charge in [-0.15, -0.1) is 0 Å². The van der Waals surface area contributed by atoms with Gasteiger partial charge in [0.05, 0.1) is 11.4 Å². The maximum absolute atomic E-state index is 11.9. The molecule has 17 heavy (non-hydrogen) atoms. The smallest absolute Gasteiger partial charge is 0.163 e. The number of carbonyl (C=O) groups excluding carboxylic acids is 1. The monoisotopic (exact) mass is 226 g/mol. The summed E-state index contributed by atoms with van der Waals surface area (Å²) in [4.78, 5) is 20.3. The number of carbonyl (C=O) groups is 1. The number of benzene rings is 1. The van der Waals surface area contributed by atoms with Crippen LogP contribution < -0.4 is 0 Å². The summed E-state index contributed by atoms with van der Waals surface area (Å²) in [5, 5.41) is 0. The van der Waals surface area contributed by atoms with E-state index >= 15 is 0 Å². The predicted molar refractivity (Wildman–Crippen MR) is 65.9 cm³/mol. The Morgan fingerprint density at radius 3 is 2.53 bits per heavy atom. The van der Waals surface area contributed by atoms with Crippen molar-refractivity contribution in [3.05, 3.63) is 59.7 Å². The van der Waals surface area contributed by atoms with Gasteiger partial charge in [-0.3, -0.25) is 14.8 Å². The first kappa shape index (κ1) is 11.5. The van der Waals surface area contributed by atoms with Gasteiger partial charge in [0.25, 0.3) is 0 Å². The van der Waals surface area contributed by atoms with E-state index in [4.69, 9.17) is 0 Å². The van der Waals surface area contributed by atoms with Crippen LogP contribution in [0, 0.1) is 6.92 Å². The van der Waals surface area contributed by atoms with Crippen LogP contribution in [0.2, 0.25) is 0 Å². The minimum absolute atomic E-state index is 0.149. The van der Waals surface area contributed by atoms with Crippen molar-refractivity contribution < 1.29 is 4.79 Å². The van der Waals surface area contributed by atoms with Crippen molar-refractivity contribution >= 4 is 5.78 Å². The molecule has 2 rings (SSSR count). The van der Waals surface area contributed by atoms with Crippen molar-refractivity contribution in [2.24, 2.45) is 0 Å². The van der Waals surface area contributed by atoms with E-state index in [9.17, 15) is 4.79 Å². The fourth-order valence-corrected chi connectivity index (χ4v) is 1.68. The van der Waals surface area contributed by atoms with E-state index < -0.39 is 0 Å². The average molecular weight is 226 g/mol. The van der Waals surface area contributed by atoms with E-state index in [1.165, 1.54) is 0 Å². The summed E-state index contributed by atoms with van der Waals surface area (Å²) in [5.74, 6) is 0.149. The lowest BCUT2D eigenvalue weighted by molar-refractivity contribution is 0.0982. The minimum atomic E-state index is 0.149. The predicted octanol–water partition coefficient (Wildman–Crippen LogP) is 2.60. The minimum Gasteiger partial charge on any atom is -0.294 e. The number of hydrogen-bond donors (Lipinski definition) is 0. The zero-order valence-corrected chi connectivity index (χ0v) is 9.76. The summed E-state index contributed by atoms with van der Waals surface area (Å²) in [6.45, 7) is 1.91. The summed E-state index contributed by atoms with van der Waals surface area (Å²) in [5.41, 5.74) is 2.55. The van der Waals surface area contributed by atoms with Gasteiger partial charge in [0.15, 0.2) is 5.78 Å². The fourth-order valence-electron chi connectivity index (χ4n) is 1.68. The van der Waals surface area contributed by atoms with Crippen molar-refractivity contribution in [3.63, 3.8) is 0 Å². The Morgan fingerprint density at radius 2 is 1.82 bits per heavy atom. The zero-order chi connectivity index (χ0) is 12.1. The lowest BCUT2D eigenvalue weighted by Gasteiger charge is -2.03. The molecular weight excluding hydrogens is 212 g/mol. The van der Waals surface area contributed by atoms with Gasteiger partial charge in [0.2, 0.25) is 0 Å². The second-order valence-corrected chi connectivity index (χ2v) is 3.88. The molecule has 0 amide bonds. The van der Waals surface area contributed by atoms with Gasteiger partial charge in [-0.2, -0.15) is 0 Å². The molecule has 2 aromatic rings. The van der Waals surface area contributed by atoms with Crippen LogP contribution in [-0.4, -0.2) is 15.8 Å². The number of aromatic nitrogens is 2. The van der Waals surface area contributed by atoms with Crippen molar-refractivity contribution in [2.45, 2.75) is 19.8 Å². The second kappa shape index (κ2) is 5.34. The van der Waals surface area contributed by atoms with E-state index in [0.29, 0.717) is 12.8 Å². The third kappa shape index (κ3) is 2.97. The number of Topliss-reactive ketones (excluding diaryl/α,β-unsaturated/α-hetero) is 1. The van der Waals surface area contributed by atoms with Gasteiger partial charge in [0, 0.05) is 24.4 Å². The molecule has 1 heterocycles. The van der Waals surface area contributed by atoms with E-state index in [0.717, 1.165) is 17.0 Å². The van der Waals surface area contributed by atoms with Crippen LogP contribution in [0.4, 0.5) is 0 Å². The van der Waals surface area contributed by atoms with Gasteiger partial charge in [-0.05, 0) is 13.3 Å². The standard InChI is InChI=1S/C14H14N2O/c1-11-13(16-10-9-15-11)7-8-14(17)12-5-3-2-4-6-12/h2-6,9-10H,7-8H2,1H3. The van der Waals surface area contributed by atoms with Crippen molar-refractivity contribution in [1.82, 2.24) is 9.97 Å². The molecule has 0 aliphatic heterocycles. The topological polar surface area (TPSA) is 42.9 Å². The first-order valence-electron chi connectivity index (χ1n) is 5.62. The van der Waals surface area contributed by atoms with Crippen molar-refractivity contribution in [3.8, 4) is 0 Å². The normalized spacial score (nSPS) is 10.2. The second-order valence-electron chi connectivity index (χ2n) is 3.88. The molecule has 0 bridgehead atoms. The van der Waals surface area contributed by atoms with Gasteiger partial charge in [0.1, 0.15) is 0 Å². The average Bonchev–Trinajstić information content (AvgIpc) is 2.38. The highest BCUT2D eigenvalue weighted by Crippen LogP contribution is 2.08. The van der Waals surface area contributed by atoms with Crippen LogP contribution in [0.5, 0.6) is 0 Å². The number of rotatable bonds is 4. The molecule has 86 valence electrons. The molecule has 0 saturated heterocycles. The number of nitrogens with zero attached hydrogens (tertiary/aromatic N) is 2. The van der Waals surface area contributed by atoms with E-state index in [1.54, 1.807) is 12.4 Å². The Labute approximate surface area is 101 Å². The number of ketones is 1. The molecule has 0 spiro atoms. The third-order valence-electron chi connectivity index (χ3n) is 2.67. The van der Waals surface area contributed by atoms with Gasteiger partial charge in [-0.25, -0.2) is 0 Å². The molecule has 0 atom stereocenters. The Bertz CT molecular complexity index is 509. The van der Waals surface area contributed by atoms with Crippen molar-refractivity contribution in [2.75, 3.05) is 0 Å². The SMILES string of the molecule is Cc1nccnc1CCC(=O)c1ccccc1. The summed E-state index contributed by atoms with van der Waals surface area (Å²) in [7, 11) is 0. The van der Waals surface area contributed by atoms with E-state index in [-0.39, 0.29) is 5.78 Å². The van der Waals surface area contributed by atoms with Crippen LogP contribution >= 0.6 is 0 Å². The molecule has 0 fully saturated rings. The Kier molecular flexibility index (Phi) is 3.60. The maximum Gasteiger partial charge on any atom is 0.163 e. The highest BCUT2D eigenvalue weighted by Gasteiger charge is 2.07. The molecule has 0 unspecified atom stereocenters. The molecular formula is C14H14N2O. The molecule has 3 heteroatoms. The molecule has 0 aliphatic carbocycles. The van der Waals surface area contributed by atoms with E-state index in [2.05, 4.69) is 9.97 Å². The van der Waals surface area contributed by atoms with E-state index in [1.807, 2.05) is 37.3 Å². The lowest BCUT2D eigenvalue weighted by Crippen LogP contribution is -2.03. The van der Waals surface area contributed by atoms with Crippen LogP contribution in [-0.2, 0) is 6.42 Å². The summed E-state index contributed by atoms with van der Waals surface area (Å²) >= 11 is 0. The lowest BCUT2D eigenvalue weighted by atomic mass is 10.1. The van der Waals surface area contributed by atoms with Gasteiger partial charge in [-0.1, -0.05) is 30.3 Å². The molecule has 1 aromatic heterocycles. The quantitative estimate of drug-likeness (QED) is 0.752. The summed E-state index contributed by atoms with van der Waals surface area (Å²) in [6.07, 6.45) is 4.45. The molecule has 0 N–H and O–H groups in total. The number of aryl methyl sites for hydroxylation is 2. The molecule has 0 saturated carbocycles. The van der Waals surface area contributed by atoms with Gasteiger partial charge >= 0.3 is 0 Å². The Hall–Kier alpha value is -2.03. The first-order chi connectivity index (χ1) is 8.27. The summed E-state index contributed by atoms with van der Waals surface area (Å²) < 4.78 is 0. The third-order valence-corrected chi connectivity index (χ3v) is 2.67. The molecule has 1 aromatic carbocycles.